The summed E-state index contributed by atoms with van der Waals surface area (Å²) in [5, 5.41) is 5.14. The Morgan fingerprint density at radius 3 is 2.95 bits per heavy atom. The van der Waals surface area contributed by atoms with Gasteiger partial charge in [0.05, 0.1) is 13.2 Å². The summed E-state index contributed by atoms with van der Waals surface area (Å²) in [7, 11) is 0. The van der Waals surface area contributed by atoms with Crippen LogP contribution in [0.4, 0.5) is 4.79 Å². The Morgan fingerprint density at radius 2 is 2.18 bits per heavy atom. The van der Waals surface area contributed by atoms with Gasteiger partial charge in [-0.25, -0.2) is 4.79 Å². The quantitative estimate of drug-likeness (QED) is 0.761. The molecule has 0 saturated carbocycles. The van der Waals surface area contributed by atoms with Crippen molar-refractivity contribution in [2.24, 2.45) is 5.92 Å². The Labute approximate surface area is 127 Å². The number of fused-ring (bicyclic) bond motifs is 1. The fraction of sp³-hybridized carbons (Fsp3) is 0.400. The zero-order valence-electron chi connectivity index (χ0n) is 12.0. The molecule has 1 aromatic rings. The van der Waals surface area contributed by atoms with Crippen LogP contribution in [0.1, 0.15) is 5.56 Å². The van der Waals surface area contributed by atoms with Crippen molar-refractivity contribution in [3.8, 4) is 5.75 Å². The number of carbonyl (C=O) groups is 3. The van der Waals surface area contributed by atoms with Gasteiger partial charge < -0.3 is 15.4 Å². The fourth-order valence-corrected chi connectivity index (χ4v) is 2.59. The number of rotatable bonds is 4. The lowest BCUT2D eigenvalue weighted by Crippen LogP contribution is -2.43. The molecule has 7 heteroatoms. The van der Waals surface area contributed by atoms with Gasteiger partial charge in [-0.15, -0.1) is 0 Å². The Bertz CT molecular complexity index is 601. The number of benzene rings is 1. The molecule has 4 amide bonds. The van der Waals surface area contributed by atoms with Crippen LogP contribution >= 0.6 is 0 Å². The van der Waals surface area contributed by atoms with E-state index in [2.05, 4.69) is 10.6 Å². The fourth-order valence-electron chi connectivity index (χ4n) is 2.59. The van der Waals surface area contributed by atoms with Crippen LogP contribution in [-0.4, -0.2) is 49.0 Å². The summed E-state index contributed by atoms with van der Waals surface area (Å²) >= 11 is 0. The van der Waals surface area contributed by atoms with Gasteiger partial charge >= 0.3 is 6.03 Å². The molecule has 116 valence electrons. The van der Waals surface area contributed by atoms with Crippen LogP contribution < -0.4 is 15.4 Å². The van der Waals surface area contributed by atoms with E-state index in [1.165, 1.54) is 0 Å². The molecule has 0 aromatic heterocycles. The third kappa shape index (κ3) is 3.03. The molecule has 1 fully saturated rings. The minimum absolute atomic E-state index is 0.0423. The lowest BCUT2D eigenvalue weighted by Gasteiger charge is -2.25. The Balaban J connectivity index is 1.48. The van der Waals surface area contributed by atoms with Gasteiger partial charge in [-0.3, -0.25) is 14.5 Å². The van der Waals surface area contributed by atoms with Gasteiger partial charge in [0.25, 0.3) is 5.91 Å². The normalized spacial score (nSPS) is 20.2. The van der Waals surface area contributed by atoms with E-state index in [9.17, 15) is 14.4 Å². The highest BCUT2D eigenvalue weighted by atomic mass is 16.5. The molecule has 0 aliphatic carbocycles. The average Bonchev–Trinajstić information content (AvgIpc) is 2.84. The second kappa shape index (κ2) is 6.05. The van der Waals surface area contributed by atoms with Crippen LogP contribution in [0.25, 0.3) is 0 Å². The first-order chi connectivity index (χ1) is 10.6. The molecular weight excluding hydrogens is 286 g/mol. The molecule has 7 nitrogen and oxygen atoms in total. The Morgan fingerprint density at radius 1 is 1.36 bits per heavy atom. The van der Waals surface area contributed by atoms with Gasteiger partial charge in [-0.05, 0) is 18.1 Å². The Kier molecular flexibility index (Phi) is 3.95. The van der Waals surface area contributed by atoms with Crippen molar-refractivity contribution in [3.05, 3.63) is 29.8 Å². The van der Waals surface area contributed by atoms with Gasteiger partial charge in [0, 0.05) is 12.5 Å². The van der Waals surface area contributed by atoms with Crippen molar-refractivity contribution < 1.29 is 19.1 Å². The molecule has 2 N–H and O–H groups in total. The predicted octanol–water partition coefficient (Wildman–Crippen LogP) is -0.0943. The van der Waals surface area contributed by atoms with Crippen molar-refractivity contribution >= 4 is 17.8 Å². The van der Waals surface area contributed by atoms with Crippen LogP contribution in [0.3, 0.4) is 0 Å². The van der Waals surface area contributed by atoms with Crippen molar-refractivity contribution in [1.82, 2.24) is 15.5 Å². The van der Waals surface area contributed by atoms with Crippen LogP contribution in [0.2, 0.25) is 0 Å². The standard InChI is InChI=1S/C15H17N3O4/c19-13(8-18-14(20)7-17-15(18)21)16-6-10-5-11-3-1-2-4-12(11)22-9-10/h1-4,10H,5-9H2,(H,16,19)(H,17,21)/t10-/m1/s1. The number of amides is 4. The van der Waals surface area contributed by atoms with E-state index < -0.39 is 6.03 Å². The molecule has 0 radical (unpaired) electrons. The van der Waals surface area contributed by atoms with Gasteiger partial charge in [-0.1, -0.05) is 18.2 Å². The molecule has 0 bridgehead atoms. The second-order valence-electron chi connectivity index (χ2n) is 5.43. The van der Waals surface area contributed by atoms with E-state index in [0.29, 0.717) is 13.2 Å². The second-order valence-corrected chi connectivity index (χ2v) is 5.43. The summed E-state index contributed by atoms with van der Waals surface area (Å²) in [6.07, 6.45) is 0.833. The summed E-state index contributed by atoms with van der Waals surface area (Å²) in [5.74, 6) is 0.353. The van der Waals surface area contributed by atoms with E-state index >= 15 is 0 Å². The lowest BCUT2D eigenvalue weighted by molar-refractivity contribution is -0.130. The number of imide groups is 1. The van der Waals surface area contributed by atoms with Crippen LogP contribution in [0.15, 0.2) is 24.3 Å². The first-order valence-corrected chi connectivity index (χ1v) is 7.19. The van der Waals surface area contributed by atoms with Gasteiger partial charge in [-0.2, -0.15) is 0 Å². The third-order valence-corrected chi connectivity index (χ3v) is 3.78. The number of nitrogens with one attached hydrogen (secondary N) is 2. The molecule has 1 saturated heterocycles. The number of ether oxygens (including phenoxy) is 1. The molecule has 0 unspecified atom stereocenters. The van der Waals surface area contributed by atoms with E-state index in [0.717, 1.165) is 22.6 Å². The van der Waals surface area contributed by atoms with Crippen molar-refractivity contribution in [3.63, 3.8) is 0 Å². The smallest absolute Gasteiger partial charge is 0.325 e. The zero-order valence-corrected chi connectivity index (χ0v) is 12.0. The van der Waals surface area contributed by atoms with Crippen molar-refractivity contribution in [1.29, 1.82) is 0 Å². The highest BCUT2D eigenvalue weighted by molar-refractivity contribution is 6.04. The van der Waals surface area contributed by atoms with Gasteiger partial charge in [0.15, 0.2) is 0 Å². The maximum atomic E-state index is 11.9. The molecular formula is C15H17N3O4. The minimum atomic E-state index is -0.518. The number of hydrogen-bond acceptors (Lipinski definition) is 4. The molecule has 1 aromatic carbocycles. The SMILES string of the molecule is O=C(CN1C(=O)CNC1=O)NC[C@@H]1COc2ccccc2C1. The van der Waals surface area contributed by atoms with Crippen molar-refractivity contribution in [2.45, 2.75) is 6.42 Å². The van der Waals surface area contributed by atoms with E-state index in [1.807, 2.05) is 24.3 Å². The maximum Gasteiger partial charge on any atom is 0.325 e. The molecule has 22 heavy (non-hydrogen) atoms. The van der Waals surface area contributed by atoms with E-state index in [1.54, 1.807) is 0 Å². The van der Waals surface area contributed by atoms with Crippen LogP contribution in [0.5, 0.6) is 5.75 Å². The lowest BCUT2D eigenvalue weighted by atomic mass is 9.97. The Hall–Kier alpha value is -2.57. The van der Waals surface area contributed by atoms with Crippen molar-refractivity contribution in [2.75, 3.05) is 26.2 Å². The highest BCUT2D eigenvalue weighted by Gasteiger charge is 2.30. The highest BCUT2D eigenvalue weighted by Crippen LogP contribution is 2.26. The predicted molar refractivity (Wildman–Crippen MR) is 77.3 cm³/mol. The number of carbonyl (C=O) groups excluding carboxylic acids is 3. The van der Waals surface area contributed by atoms with E-state index in [4.69, 9.17) is 4.74 Å². The summed E-state index contributed by atoms with van der Waals surface area (Å²) in [6.45, 7) is 0.714. The zero-order chi connectivity index (χ0) is 15.5. The summed E-state index contributed by atoms with van der Waals surface area (Å²) in [4.78, 5) is 35.5. The average molecular weight is 303 g/mol. The van der Waals surface area contributed by atoms with E-state index in [-0.39, 0.29) is 30.8 Å². The molecule has 0 spiro atoms. The number of urea groups is 1. The molecule has 2 heterocycles. The summed E-state index contributed by atoms with van der Waals surface area (Å²) in [6, 6.07) is 7.31. The number of hydrogen-bond donors (Lipinski definition) is 2. The van der Waals surface area contributed by atoms with Crippen LogP contribution in [0, 0.1) is 5.92 Å². The molecule has 2 aliphatic heterocycles. The minimum Gasteiger partial charge on any atom is -0.493 e. The third-order valence-electron chi connectivity index (χ3n) is 3.78. The first kappa shape index (κ1) is 14.4. The van der Waals surface area contributed by atoms with Gasteiger partial charge in [0.2, 0.25) is 5.91 Å². The molecule has 3 rings (SSSR count). The monoisotopic (exact) mass is 303 g/mol. The summed E-state index contributed by atoms with van der Waals surface area (Å²) < 4.78 is 5.66. The summed E-state index contributed by atoms with van der Waals surface area (Å²) in [5.41, 5.74) is 1.13. The number of para-hydroxylation sites is 1. The number of nitrogens with zero attached hydrogens (tertiary/aromatic N) is 1. The molecule has 1 atom stereocenters. The maximum absolute atomic E-state index is 11.9. The first-order valence-electron chi connectivity index (χ1n) is 7.19. The van der Waals surface area contributed by atoms with Gasteiger partial charge in [0.1, 0.15) is 12.3 Å². The molecule has 2 aliphatic rings. The largest absolute Gasteiger partial charge is 0.493 e. The van der Waals surface area contributed by atoms with Crippen LogP contribution in [-0.2, 0) is 16.0 Å². The topological polar surface area (TPSA) is 87.7 Å².